The first-order chi connectivity index (χ1) is 9.17. The Kier molecular flexibility index (Phi) is 4.99. The topological polar surface area (TPSA) is 55.5 Å². The van der Waals surface area contributed by atoms with Gasteiger partial charge in [-0.3, -0.25) is 0 Å². The van der Waals surface area contributed by atoms with Crippen molar-refractivity contribution in [2.45, 2.75) is 12.0 Å². The molecule has 0 saturated carbocycles. The zero-order chi connectivity index (χ0) is 13.8. The van der Waals surface area contributed by atoms with Crippen molar-refractivity contribution < 1.29 is 9.84 Å². The molecule has 0 aliphatic carbocycles. The molecule has 1 heterocycles. The Bertz CT molecular complexity index is 544. The fourth-order valence-corrected chi connectivity index (χ4v) is 3.48. The second kappa shape index (κ2) is 6.52. The van der Waals surface area contributed by atoms with Crippen molar-refractivity contribution in [3.05, 3.63) is 50.6 Å². The van der Waals surface area contributed by atoms with E-state index < -0.39 is 6.10 Å². The molecule has 19 heavy (non-hydrogen) atoms. The number of ether oxygens (including phenoxy) is 1. The maximum Gasteiger partial charge on any atom is 0.129 e. The Hall–Kier alpha value is -0.880. The number of hydrogen-bond acceptors (Lipinski definition) is 4. The van der Waals surface area contributed by atoms with Gasteiger partial charge in [0.15, 0.2) is 0 Å². The highest BCUT2D eigenvalue weighted by molar-refractivity contribution is 9.10. The Labute approximate surface area is 125 Å². The van der Waals surface area contributed by atoms with Gasteiger partial charge in [0.2, 0.25) is 0 Å². The van der Waals surface area contributed by atoms with Crippen molar-refractivity contribution in [2.75, 3.05) is 13.7 Å². The second-order valence-corrected chi connectivity index (χ2v) is 5.99. The molecule has 3 N–H and O–H groups in total. The monoisotopic (exact) mass is 341 g/mol. The van der Waals surface area contributed by atoms with Crippen molar-refractivity contribution >= 4 is 27.3 Å². The third-order valence-corrected chi connectivity index (χ3v) is 4.77. The van der Waals surface area contributed by atoms with Crippen LogP contribution in [-0.4, -0.2) is 18.8 Å². The molecule has 2 rings (SSSR count). The zero-order valence-corrected chi connectivity index (χ0v) is 12.9. The summed E-state index contributed by atoms with van der Waals surface area (Å²) in [6.45, 7) is 0.379. The van der Waals surface area contributed by atoms with E-state index in [0.29, 0.717) is 6.54 Å². The van der Waals surface area contributed by atoms with Gasteiger partial charge in [-0.05, 0) is 17.7 Å². The van der Waals surface area contributed by atoms with Gasteiger partial charge in [0.05, 0.1) is 13.2 Å². The van der Waals surface area contributed by atoms with Gasteiger partial charge in [-0.1, -0.05) is 34.1 Å². The highest BCUT2D eigenvalue weighted by Gasteiger charge is 2.24. The predicted octanol–water partition coefficient (Wildman–Crippen LogP) is 3.30. The Balaban J connectivity index is 2.29. The van der Waals surface area contributed by atoms with Crippen molar-refractivity contribution in [1.29, 1.82) is 0 Å². The lowest BCUT2D eigenvalue weighted by Crippen LogP contribution is -2.20. The number of methoxy groups -OCH3 is 1. The van der Waals surface area contributed by atoms with E-state index in [1.165, 1.54) is 11.3 Å². The van der Waals surface area contributed by atoms with Crippen LogP contribution >= 0.6 is 27.3 Å². The first kappa shape index (κ1) is 14.5. The van der Waals surface area contributed by atoms with Crippen molar-refractivity contribution in [3.8, 4) is 5.75 Å². The second-order valence-electron chi connectivity index (χ2n) is 4.20. The van der Waals surface area contributed by atoms with Gasteiger partial charge < -0.3 is 15.6 Å². The molecular weight excluding hydrogens is 326 g/mol. The lowest BCUT2D eigenvalue weighted by Gasteiger charge is -2.22. The van der Waals surface area contributed by atoms with E-state index in [1.54, 1.807) is 7.11 Å². The standard InChI is InChI=1S/C14H16BrNO2S/c1-18-9-6-13(19-8-9)14(17)11(7-16)10-4-2-3-5-12(10)15/h2-6,8,11,14,17H,7,16H2,1H3. The van der Waals surface area contributed by atoms with E-state index in [0.717, 1.165) is 20.7 Å². The van der Waals surface area contributed by atoms with Crippen LogP contribution in [0.15, 0.2) is 40.2 Å². The maximum absolute atomic E-state index is 10.5. The quantitative estimate of drug-likeness (QED) is 0.877. The van der Waals surface area contributed by atoms with Crippen molar-refractivity contribution in [3.63, 3.8) is 0 Å². The summed E-state index contributed by atoms with van der Waals surface area (Å²) in [5, 5.41) is 12.4. The third kappa shape index (κ3) is 3.17. The molecule has 102 valence electrons. The van der Waals surface area contributed by atoms with Gasteiger partial charge >= 0.3 is 0 Å². The summed E-state index contributed by atoms with van der Waals surface area (Å²) in [5.41, 5.74) is 6.86. The molecule has 0 radical (unpaired) electrons. The molecule has 2 aromatic rings. The maximum atomic E-state index is 10.5. The molecule has 0 amide bonds. The molecule has 0 aliphatic rings. The number of hydrogen-bond donors (Lipinski definition) is 2. The van der Waals surface area contributed by atoms with Crippen LogP contribution in [0, 0.1) is 0 Å². The Morgan fingerprint density at radius 1 is 1.42 bits per heavy atom. The van der Waals surface area contributed by atoms with Crippen LogP contribution in [0.4, 0.5) is 0 Å². The fraction of sp³-hybridized carbons (Fsp3) is 0.286. The minimum Gasteiger partial charge on any atom is -0.496 e. The van der Waals surface area contributed by atoms with Crippen LogP contribution in [-0.2, 0) is 0 Å². The first-order valence-electron chi connectivity index (χ1n) is 5.92. The lowest BCUT2D eigenvalue weighted by molar-refractivity contribution is 0.150. The Morgan fingerprint density at radius 3 is 2.74 bits per heavy atom. The summed E-state index contributed by atoms with van der Waals surface area (Å²) in [4.78, 5) is 0.864. The summed E-state index contributed by atoms with van der Waals surface area (Å²) in [7, 11) is 1.62. The highest BCUT2D eigenvalue weighted by atomic mass is 79.9. The Morgan fingerprint density at radius 2 is 2.16 bits per heavy atom. The van der Waals surface area contributed by atoms with E-state index in [4.69, 9.17) is 10.5 Å². The minimum absolute atomic E-state index is 0.140. The predicted molar refractivity (Wildman–Crippen MR) is 81.8 cm³/mol. The van der Waals surface area contributed by atoms with Gasteiger partial charge in [-0.15, -0.1) is 11.3 Å². The van der Waals surface area contributed by atoms with Crippen LogP contribution in [0.2, 0.25) is 0 Å². The smallest absolute Gasteiger partial charge is 0.129 e. The molecule has 2 atom stereocenters. The molecular formula is C14H16BrNO2S. The van der Waals surface area contributed by atoms with Crippen LogP contribution in [0.5, 0.6) is 5.75 Å². The van der Waals surface area contributed by atoms with Gasteiger partial charge in [-0.25, -0.2) is 0 Å². The molecule has 1 aromatic heterocycles. The van der Waals surface area contributed by atoms with Crippen LogP contribution in [0.3, 0.4) is 0 Å². The van der Waals surface area contributed by atoms with E-state index in [-0.39, 0.29) is 5.92 Å². The summed E-state index contributed by atoms with van der Waals surface area (Å²) < 4.78 is 6.11. The summed E-state index contributed by atoms with van der Waals surface area (Å²) in [6.07, 6.45) is -0.627. The molecule has 0 aliphatic heterocycles. The highest BCUT2D eigenvalue weighted by Crippen LogP contribution is 2.37. The molecule has 3 nitrogen and oxygen atoms in total. The van der Waals surface area contributed by atoms with Crippen LogP contribution < -0.4 is 10.5 Å². The SMILES string of the molecule is COc1csc(C(O)C(CN)c2ccccc2Br)c1. The molecule has 0 bridgehead atoms. The van der Waals surface area contributed by atoms with E-state index in [9.17, 15) is 5.11 Å². The average molecular weight is 342 g/mol. The number of rotatable bonds is 5. The molecule has 0 fully saturated rings. The first-order valence-corrected chi connectivity index (χ1v) is 7.59. The minimum atomic E-state index is -0.627. The van der Waals surface area contributed by atoms with Crippen molar-refractivity contribution in [1.82, 2.24) is 0 Å². The summed E-state index contributed by atoms with van der Waals surface area (Å²) >= 11 is 4.99. The summed E-state index contributed by atoms with van der Waals surface area (Å²) in [6, 6.07) is 9.69. The molecule has 2 unspecified atom stereocenters. The third-order valence-electron chi connectivity index (χ3n) is 3.06. The molecule has 0 spiro atoms. The summed E-state index contributed by atoms with van der Waals surface area (Å²) in [5.74, 6) is 0.626. The number of thiophene rings is 1. The van der Waals surface area contributed by atoms with Crippen LogP contribution in [0.1, 0.15) is 22.5 Å². The van der Waals surface area contributed by atoms with Gasteiger partial charge in [0.1, 0.15) is 5.75 Å². The normalized spacial score (nSPS) is 14.1. The zero-order valence-electron chi connectivity index (χ0n) is 10.5. The number of benzene rings is 1. The number of nitrogens with two attached hydrogens (primary N) is 1. The van der Waals surface area contributed by atoms with E-state index >= 15 is 0 Å². The number of aliphatic hydroxyl groups excluding tert-OH is 1. The van der Waals surface area contributed by atoms with Gasteiger partial charge in [0, 0.05) is 27.2 Å². The van der Waals surface area contributed by atoms with E-state index in [1.807, 2.05) is 35.7 Å². The van der Waals surface area contributed by atoms with E-state index in [2.05, 4.69) is 15.9 Å². The van der Waals surface area contributed by atoms with Gasteiger partial charge in [0.25, 0.3) is 0 Å². The molecule has 0 saturated heterocycles. The number of aliphatic hydroxyl groups is 1. The van der Waals surface area contributed by atoms with Crippen LogP contribution in [0.25, 0.3) is 0 Å². The number of halogens is 1. The molecule has 5 heteroatoms. The fourth-order valence-electron chi connectivity index (χ4n) is 2.00. The van der Waals surface area contributed by atoms with Gasteiger partial charge in [-0.2, -0.15) is 0 Å². The average Bonchev–Trinajstić information content (AvgIpc) is 2.90. The lowest BCUT2D eigenvalue weighted by atomic mass is 9.92. The van der Waals surface area contributed by atoms with Crippen molar-refractivity contribution in [2.24, 2.45) is 5.73 Å². The molecule has 1 aromatic carbocycles. The largest absolute Gasteiger partial charge is 0.496 e.